The molecule has 0 aromatic rings. The molecule has 0 aromatic carbocycles. The number of nitrogens with zero attached hydrogens (tertiary/aromatic N) is 1. The molecule has 0 aliphatic heterocycles. The van der Waals surface area contributed by atoms with Gasteiger partial charge in [0.2, 0.25) is 5.91 Å². The fourth-order valence-corrected chi connectivity index (χ4v) is 3.10. The lowest BCUT2D eigenvalue weighted by Gasteiger charge is -2.30. The number of likely N-dealkylation sites (N-methyl/N-ethyl adjacent to an activating group) is 1. The van der Waals surface area contributed by atoms with E-state index in [1.807, 2.05) is 7.05 Å². The van der Waals surface area contributed by atoms with Gasteiger partial charge in [0.05, 0.1) is 5.54 Å². The maximum Gasteiger partial charge on any atom is 0.237 e. The average molecular weight is 225 g/mol. The summed E-state index contributed by atoms with van der Waals surface area (Å²) in [7, 11) is 1.85. The van der Waals surface area contributed by atoms with E-state index in [4.69, 9.17) is 5.73 Å². The molecule has 2 rings (SSSR count). The highest BCUT2D eigenvalue weighted by Crippen LogP contribution is 2.38. The van der Waals surface area contributed by atoms with Crippen LogP contribution in [-0.2, 0) is 4.79 Å². The van der Waals surface area contributed by atoms with Gasteiger partial charge in [-0.15, -0.1) is 0 Å². The van der Waals surface area contributed by atoms with Gasteiger partial charge < -0.3 is 11.1 Å². The van der Waals surface area contributed by atoms with Crippen molar-refractivity contribution in [3.05, 3.63) is 0 Å². The quantitative estimate of drug-likeness (QED) is 0.715. The highest BCUT2D eigenvalue weighted by Gasteiger charge is 2.46. The Morgan fingerprint density at radius 2 is 2.12 bits per heavy atom. The van der Waals surface area contributed by atoms with Crippen LogP contribution in [0, 0.1) is 0 Å². The molecular weight excluding hydrogens is 202 g/mol. The molecule has 0 heterocycles. The number of amides is 1. The molecule has 2 unspecified atom stereocenters. The predicted molar refractivity (Wildman–Crippen MR) is 64.0 cm³/mol. The van der Waals surface area contributed by atoms with Crippen molar-refractivity contribution in [3.8, 4) is 0 Å². The molecule has 0 bridgehead atoms. The number of nitrogens with one attached hydrogen (secondary N) is 1. The van der Waals surface area contributed by atoms with Crippen LogP contribution in [0.5, 0.6) is 0 Å². The van der Waals surface area contributed by atoms with Gasteiger partial charge in [0, 0.05) is 12.1 Å². The number of primary amides is 1. The number of nitrogens with two attached hydrogens (primary N) is 1. The molecule has 2 aliphatic carbocycles. The van der Waals surface area contributed by atoms with E-state index in [-0.39, 0.29) is 5.91 Å². The molecule has 3 N–H and O–H groups in total. The van der Waals surface area contributed by atoms with Crippen LogP contribution in [0.1, 0.15) is 39.0 Å². The van der Waals surface area contributed by atoms with E-state index in [0.717, 1.165) is 31.8 Å². The largest absolute Gasteiger partial charge is 0.368 e. The Bertz CT molecular complexity index is 277. The van der Waals surface area contributed by atoms with Gasteiger partial charge in [-0.1, -0.05) is 6.92 Å². The van der Waals surface area contributed by atoms with Crippen LogP contribution in [0.3, 0.4) is 0 Å². The molecule has 2 fully saturated rings. The molecule has 4 heteroatoms. The summed E-state index contributed by atoms with van der Waals surface area (Å²) in [5.74, 6) is -0.190. The zero-order chi connectivity index (χ0) is 11.8. The summed E-state index contributed by atoms with van der Waals surface area (Å²) >= 11 is 0. The second kappa shape index (κ2) is 4.34. The fraction of sp³-hybridized carbons (Fsp3) is 0.917. The first-order chi connectivity index (χ1) is 7.63. The molecule has 16 heavy (non-hydrogen) atoms. The maximum absolute atomic E-state index is 11.5. The van der Waals surface area contributed by atoms with E-state index in [0.29, 0.717) is 6.04 Å². The standard InChI is InChI=1S/C12H23N3O/c1-3-15(9-4-5-9)10-6-7-12(8-10,14-2)11(13)16/h9-10,14H,3-8H2,1-2H3,(H2,13,16). The monoisotopic (exact) mass is 225 g/mol. The second-order valence-corrected chi connectivity index (χ2v) is 5.15. The molecule has 2 aliphatic rings. The lowest BCUT2D eigenvalue weighted by molar-refractivity contribution is -0.124. The minimum Gasteiger partial charge on any atom is -0.368 e. The van der Waals surface area contributed by atoms with Crippen LogP contribution in [0.15, 0.2) is 0 Å². The van der Waals surface area contributed by atoms with Gasteiger partial charge >= 0.3 is 0 Å². The van der Waals surface area contributed by atoms with E-state index in [1.54, 1.807) is 0 Å². The zero-order valence-electron chi connectivity index (χ0n) is 10.3. The van der Waals surface area contributed by atoms with Crippen molar-refractivity contribution >= 4 is 5.91 Å². The molecule has 92 valence electrons. The molecule has 0 saturated heterocycles. The Morgan fingerprint density at radius 3 is 2.50 bits per heavy atom. The van der Waals surface area contributed by atoms with Crippen molar-refractivity contribution in [2.75, 3.05) is 13.6 Å². The molecule has 0 spiro atoms. The van der Waals surface area contributed by atoms with Gasteiger partial charge in [-0.05, 0) is 45.7 Å². The first-order valence-electron chi connectivity index (χ1n) is 6.37. The van der Waals surface area contributed by atoms with Crippen LogP contribution in [-0.4, -0.2) is 42.0 Å². The van der Waals surface area contributed by atoms with Crippen LogP contribution < -0.4 is 11.1 Å². The van der Waals surface area contributed by atoms with Gasteiger partial charge in [0.15, 0.2) is 0 Å². The summed E-state index contributed by atoms with van der Waals surface area (Å²) in [6, 6.07) is 1.31. The Hall–Kier alpha value is -0.610. The summed E-state index contributed by atoms with van der Waals surface area (Å²) in [5, 5.41) is 3.14. The topological polar surface area (TPSA) is 58.4 Å². The summed E-state index contributed by atoms with van der Waals surface area (Å²) in [6.07, 6.45) is 5.50. The second-order valence-electron chi connectivity index (χ2n) is 5.15. The van der Waals surface area contributed by atoms with Crippen LogP contribution in [0.25, 0.3) is 0 Å². The molecule has 2 atom stereocenters. The van der Waals surface area contributed by atoms with Crippen molar-refractivity contribution in [2.45, 2.75) is 56.7 Å². The van der Waals surface area contributed by atoms with Gasteiger partial charge in [-0.2, -0.15) is 0 Å². The third-order valence-electron chi connectivity index (χ3n) is 4.29. The Balaban J connectivity index is 2.02. The van der Waals surface area contributed by atoms with Gasteiger partial charge in [-0.25, -0.2) is 0 Å². The molecule has 0 aromatic heterocycles. The third-order valence-corrected chi connectivity index (χ3v) is 4.29. The normalized spacial score (nSPS) is 34.6. The number of rotatable bonds is 5. The van der Waals surface area contributed by atoms with Crippen LogP contribution >= 0.6 is 0 Å². The summed E-state index contributed by atoms with van der Waals surface area (Å²) in [5.41, 5.74) is 5.07. The first kappa shape index (κ1) is 11.9. The molecule has 1 amide bonds. The molecule has 4 nitrogen and oxygen atoms in total. The van der Waals surface area contributed by atoms with E-state index in [2.05, 4.69) is 17.1 Å². The highest BCUT2D eigenvalue weighted by molar-refractivity contribution is 5.85. The van der Waals surface area contributed by atoms with Gasteiger partial charge in [0.25, 0.3) is 0 Å². The predicted octanol–water partition coefficient (Wildman–Crippen LogP) is 0.467. The summed E-state index contributed by atoms with van der Waals surface area (Å²) in [6.45, 7) is 3.30. The SMILES string of the molecule is CCN(C1CC1)C1CCC(NC)(C(N)=O)C1. The number of hydrogen-bond acceptors (Lipinski definition) is 3. The van der Waals surface area contributed by atoms with Gasteiger partial charge in [0.1, 0.15) is 0 Å². The zero-order valence-corrected chi connectivity index (χ0v) is 10.3. The first-order valence-corrected chi connectivity index (χ1v) is 6.37. The average Bonchev–Trinajstić information content (AvgIpc) is 2.99. The van der Waals surface area contributed by atoms with Crippen molar-refractivity contribution in [2.24, 2.45) is 5.73 Å². The Morgan fingerprint density at radius 1 is 1.44 bits per heavy atom. The van der Waals surface area contributed by atoms with Crippen molar-refractivity contribution in [1.82, 2.24) is 10.2 Å². The van der Waals surface area contributed by atoms with Crippen molar-refractivity contribution in [3.63, 3.8) is 0 Å². The number of carbonyl (C=O) groups excluding carboxylic acids is 1. The maximum atomic E-state index is 11.5. The Kier molecular flexibility index (Phi) is 3.22. The smallest absolute Gasteiger partial charge is 0.237 e. The van der Waals surface area contributed by atoms with Gasteiger partial charge in [-0.3, -0.25) is 9.69 Å². The number of hydrogen-bond donors (Lipinski definition) is 2. The van der Waals surface area contributed by atoms with E-state index in [1.165, 1.54) is 12.8 Å². The summed E-state index contributed by atoms with van der Waals surface area (Å²) in [4.78, 5) is 14.1. The molecular formula is C12H23N3O. The lowest BCUT2D eigenvalue weighted by Crippen LogP contribution is -2.53. The fourth-order valence-electron chi connectivity index (χ4n) is 3.10. The van der Waals surface area contributed by atoms with Crippen LogP contribution in [0.2, 0.25) is 0 Å². The molecule has 2 saturated carbocycles. The Labute approximate surface area is 97.6 Å². The minimum absolute atomic E-state index is 0.190. The summed E-state index contributed by atoms with van der Waals surface area (Å²) < 4.78 is 0. The minimum atomic E-state index is -0.451. The molecule has 0 radical (unpaired) electrons. The third kappa shape index (κ3) is 1.96. The highest BCUT2D eigenvalue weighted by atomic mass is 16.1. The van der Waals surface area contributed by atoms with E-state index in [9.17, 15) is 4.79 Å². The van der Waals surface area contributed by atoms with Crippen molar-refractivity contribution in [1.29, 1.82) is 0 Å². The van der Waals surface area contributed by atoms with E-state index < -0.39 is 5.54 Å². The van der Waals surface area contributed by atoms with Crippen LogP contribution in [0.4, 0.5) is 0 Å². The lowest BCUT2D eigenvalue weighted by atomic mass is 9.96. The van der Waals surface area contributed by atoms with Crippen molar-refractivity contribution < 1.29 is 4.79 Å². The number of carbonyl (C=O) groups is 1. The van der Waals surface area contributed by atoms with E-state index >= 15 is 0 Å².